The third-order valence-corrected chi connectivity index (χ3v) is 1.06. The van der Waals surface area contributed by atoms with Crippen molar-refractivity contribution in [3.05, 3.63) is 5.89 Å². The predicted molar refractivity (Wildman–Crippen MR) is 37.5 cm³/mol. The van der Waals surface area contributed by atoms with Crippen LogP contribution >= 0.6 is 0 Å². The van der Waals surface area contributed by atoms with Crippen LogP contribution in [-0.4, -0.2) is 23.2 Å². The molecule has 5 heteroatoms. The zero-order chi connectivity index (χ0) is 7.78. The van der Waals surface area contributed by atoms with Crippen LogP contribution in [0.5, 0.6) is 6.08 Å². The van der Waals surface area contributed by atoms with Gasteiger partial charge in [-0.25, -0.2) is 0 Å². The Morgan fingerprint density at radius 2 is 2.10 bits per heavy atom. The quantitative estimate of drug-likeness (QED) is 0.541. The van der Waals surface area contributed by atoms with E-state index in [1.165, 1.54) is 0 Å². The van der Waals surface area contributed by atoms with E-state index in [4.69, 9.17) is 9.52 Å². The molecule has 0 atom stereocenters. The lowest BCUT2D eigenvalue weighted by Gasteiger charge is -2.10. The second kappa shape index (κ2) is 2.00. The third-order valence-electron chi connectivity index (χ3n) is 1.06. The van der Waals surface area contributed by atoms with Gasteiger partial charge in [0.1, 0.15) is 7.85 Å². The Kier molecular flexibility index (Phi) is 1.43. The second-order valence-electron chi connectivity index (χ2n) is 3.14. The van der Waals surface area contributed by atoms with Crippen LogP contribution in [0.1, 0.15) is 19.7 Å². The second-order valence-corrected chi connectivity index (χ2v) is 3.14. The van der Waals surface area contributed by atoms with Crippen LogP contribution in [0.3, 0.4) is 0 Å². The number of hydrogen-bond acceptors (Lipinski definition) is 4. The lowest BCUT2D eigenvalue weighted by atomic mass is 9.72. The van der Waals surface area contributed by atoms with Gasteiger partial charge in [-0.3, -0.25) is 0 Å². The Labute approximate surface area is 59.7 Å². The molecule has 1 N–H and O–H groups in total. The first-order valence-corrected chi connectivity index (χ1v) is 3.03. The molecule has 0 aliphatic carbocycles. The molecule has 54 valence electrons. The van der Waals surface area contributed by atoms with Gasteiger partial charge >= 0.3 is 6.08 Å². The number of hydrogen-bond donors (Lipinski definition) is 1. The Bertz CT molecular complexity index is 228. The van der Waals surface area contributed by atoms with E-state index in [0.29, 0.717) is 5.89 Å². The van der Waals surface area contributed by atoms with E-state index in [1.807, 2.05) is 21.7 Å². The summed E-state index contributed by atoms with van der Waals surface area (Å²) in [5, 5.41) is 15.4. The normalized spacial score (nSPS) is 11.8. The maximum Gasteiger partial charge on any atom is 0.412 e. The summed E-state index contributed by atoms with van der Waals surface area (Å²) in [5.74, 6) is 0.449. The summed E-state index contributed by atoms with van der Waals surface area (Å²) < 4.78 is 4.78. The summed E-state index contributed by atoms with van der Waals surface area (Å²) in [6.07, 6.45) is -0.370. The van der Waals surface area contributed by atoms with Gasteiger partial charge in [0.2, 0.25) is 5.89 Å². The van der Waals surface area contributed by atoms with E-state index in [2.05, 4.69) is 10.2 Å². The van der Waals surface area contributed by atoms with E-state index in [1.54, 1.807) is 0 Å². The molecular weight excluding hydrogens is 131 g/mol. The van der Waals surface area contributed by atoms with Gasteiger partial charge in [-0.15, -0.1) is 5.10 Å². The molecule has 1 rings (SSSR count). The van der Waals surface area contributed by atoms with Crippen LogP contribution < -0.4 is 0 Å². The lowest BCUT2D eigenvalue weighted by Crippen LogP contribution is -2.16. The molecule has 0 fully saturated rings. The van der Waals surface area contributed by atoms with Gasteiger partial charge in [0, 0.05) is 5.31 Å². The fourth-order valence-electron chi connectivity index (χ4n) is 0.519. The summed E-state index contributed by atoms with van der Waals surface area (Å²) in [6, 6.07) is 0. The minimum absolute atomic E-state index is 0.187. The predicted octanol–water partition coefficient (Wildman–Crippen LogP) is -0.357. The molecule has 1 heterocycles. The summed E-state index contributed by atoms with van der Waals surface area (Å²) >= 11 is 0. The van der Waals surface area contributed by atoms with Crippen molar-refractivity contribution in [3.63, 3.8) is 0 Å². The molecule has 0 aliphatic rings. The van der Waals surface area contributed by atoms with E-state index in [9.17, 15) is 0 Å². The van der Waals surface area contributed by atoms with Gasteiger partial charge < -0.3 is 9.52 Å². The molecule has 0 saturated carbocycles. The molecule has 0 bridgehead atoms. The van der Waals surface area contributed by atoms with Gasteiger partial charge in [0.25, 0.3) is 0 Å². The van der Waals surface area contributed by atoms with Crippen LogP contribution in [0.4, 0.5) is 0 Å². The van der Waals surface area contributed by atoms with Crippen LogP contribution in [-0.2, 0) is 5.31 Å². The monoisotopic (exact) mass is 140 g/mol. The molecule has 0 aromatic carbocycles. The van der Waals surface area contributed by atoms with E-state index in [0.717, 1.165) is 0 Å². The van der Waals surface area contributed by atoms with Crippen molar-refractivity contribution in [2.45, 2.75) is 19.2 Å². The van der Waals surface area contributed by atoms with Crippen molar-refractivity contribution in [2.24, 2.45) is 0 Å². The molecule has 0 amide bonds. The van der Waals surface area contributed by atoms with E-state index in [-0.39, 0.29) is 11.4 Å². The molecule has 0 spiro atoms. The average Bonchev–Trinajstić information content (AvgIpc) is 2.11. The van der Waals surface area contributed by atoms with Gasteiger partial charge in [0.05, 0.1) is 0 Å². The molecule has 1 aromatic heterocycles. The molecule has 4 nitrogen and oxygen atoms in total. The SMILES string of the molecule is BC(C)(C)c1nnc(O)o1. The molecule has 1 aromatic rings. The molecule has 0 radical (unpaired) electrons. The van der Waals surface area contributed by atoms with Gasteiger partial charge in [-0.05, 0) is 0 Å². The first-order chi connectivity index (χ1) is 4.50. The van der Waals surface area contributed by atoms with E-state index >= 15 is 0 Å². The summed E-state index contributed by atoms with van der Waals surface area (Å²) in [4.78, 5) is 0. The fraction of sp³-hybridized carbons (Fsp3) is 0.600. The van der Waals surface area contributed by atoms with Crippen LogP contribution in [0.15, 0.2) is 4.42 Å². The zero-order valence-corrected chi connectivity index (χ0v) is 6.25. The Hall–Kier alpha value is -0.995. The van der Waals surface area contributed by atoms with Crippen LogP contribution in [0.25, 0.3) is 0 Å². The highest BCUT2D eigenvalue weighted by Crippen LogP contribution is 2.18. The highest BCUT2D eigenvalue weighted by Gasteiger charge is 2.20. The smallest absolute Gasteiger partial charge is 0.412 e. The summed E-state index contributed by atoms with van der Waals surface area (Å²) in [5.41, 5.74) is 0. The Morgan fingerprint density at radius 3 is 2.30 bits per heavy atom. The lowest BCUT2D eigenvalue weighted by molar-refractivity contribution is 0.294. The van der Waals surface area contributed by atoms with Crippen molar-refractivity contribution >= 4 is 7.85 Å². The first-order valence-electron chi connectivity index (χ1n) is 3.03. The van der Waals surface area contributed by atoms with Crippen molar-refractivity contribution in [1.82, 2.24) is 10.2 Å². The topological polar surface area (TPSA) is 59.2 Å². The Morgan fingerprint density at radius 1 is 1.50 bits per heavy atom. The maximum atomic E-state index is 8.68. The number of aromatic hydroxyl groups is 1. The number of rotatable bonds is 1. The summed E-state index contributed by atoms with van der Waals surface area (Å²) in [6.45, 7) is 3.86. The average molecular weight is 140 g/mol. The summed E-state index contributed by atoms with van der Waals surface area (Å²) in [7, 11) is 1.93. The highest BCUT2D eigenvalue weighted by atomic mass is 16.5. The first kappa shape index (κ1) is 7.12. The fourth-order valence-corrected chi connectivity index (χ4v) is 0.519. The highest BCUT2D eigenvalue weighted by molar-refractivity contribution is 6.14. The number of nitrogens with zero attached hydrogens (tertiary/aromatic N) is 2. The van der Waals surface area contributed by atoms with Crippen LogP contribution in [0.2, 0.25) is 0 Å². The Balaban J connectivity index is 2.96. The van der Waals surface area contributed by atoms with Crippen molar-refractivity contribution in [2.75, 3.05) is 0 Å². The third kappa shape index (κ3) is 1.29. The minimum Gasteiger partial charge on any atom is -0.465 e. The van der Waals surface area contributed by atoms with E-state index < -0.39 is 0 Å². The maximum absolute atomic E-state index is 8.68. The van der Waals surface area contributed by atoms with Crippen molar-refractivity contribution in [3.8, 4) is 6.08 Å². The van der Waals surface area contributed by atoms with Crippen molar-refractivity contribution in [1.29, 1.82) is 0 Å². The number of aromatic nitrogens is 2. The van der Waals surface area contributed by atoms with Crippen molar-refractivity contribution < 1.29 is 9.52 Å². The van der Waals surface area contributed by atoms with Gasteiger partial charge in [0.15, 0.2) is 0 Å². The van der Waals surface area contributed by atoms with Gasteiger partial charge in [-0.1, -0.05) is 18.9 Å². The molecule has 0 aliphatic heterocycles. The largest absolute Gasteiger partial charge is 0.465 e. The van der Waals surface area contributed by atoms with Crippen LogP contribution in [0, 0.1) is 0 Å². The molecular formula is C5H9BN2O2. The minimum atomic E-state index is -0.370. The molecule has 0 saturated heterocycles. The molecule has 0 unspecified atom stereocenters. The van der Waals surface area contributed by atoms with Gasteiger partial charge in [-0.2, -0.15) is 0 Å². The molecule has 10 heavy (non-hydrogen) atoms. The zero-order valence-electron chi connectivity index (χ0n) is 6.25. The standard InChI is InChI=1S/C5H9BN2O2/c1-5(2,6)3-7-8-4(9)10-3/h6H2,1-2H3,(H,8,9).